The van der Waals surface area contributed by atoms with Gasteiger partial charge in [0.1, 0.15) is 6.26 Å². The number of anilines is 1. The third-order valence-electron chi connectivity index (χ3n) is 3.20. The molecule has 0 saturated carbocycles. The van der Waals surface area contributed by atoms with Crippen LogP contribution in [0.25, 0.3) is 5.69 Å². The van der Waals surface area contributed by atoms with Gasteiger partial charge in [-0.25, -0.2) is 4.68 Å². The lowest BCUT2D eigenvalue weighted by atomic mass is 10.3. The molecule has 3 aromatic heterocycles. The van der Waals surface area contributed by atoms with Crippen molar-refractivity contribution >= 4 is 17.6 Å². The number of furan rings is 1. The minimum atomic E-state index is -0.279. The lowest BCUT2D eigenvalue weighted by molar-refractivity contribution is -0.116. The Morgan fingerprint density at radius 3 is 2.75 bits per heavy atom. The molecule has 0 unspecified atom stereocenters. The molecule has 122 valence electrons. The Hall–Kier alpha value is -3.42. The molecule has 3 aromatic rings. The molecule has 0 fully saturated rings. The molecule has 2 N–H and O–H groups in total. The number of aromatic nitrogens is 3. The lowest BCUT2D eigenvalue weighted by Crippen LogP contribution is -2.27. The third-order valence-corrected chi connectivity index (χ3v) is 3.20. The number of nitrogens with zero attached hydrogens (tertiary/aromatic N) is 3. The van der Waals surface area contributed by atoms with Crippen molar-refractivity contribution in [3.8, 4) is 5.69 Å². The largest absolute Gasteiger partial charge is 0.472 e. The Kier molecular flexibility index (Phi) is 4.66. The number of carbonyl (C=O) groups is 2. The van der Waals surface area contributed by atoms with Crippen LogP contribution in [0.1, 0.15) is 16.8 Å². The smallest absolute Gasteiger partial charge is 0.254 e. The number of nitrogens with one attached hydrogen (secondary N) is 2. The topological polar surface area (TPSA) is 102 Å². The molecule has 2 amide bonds. The summed E-state index contributed by atoms with van der Waals surface area (Å²) in [6.07, 6.45) is 7.98. The maximum Gasteiger partial charge on any atom is 0.254 e. The predicted octanol–water partition coefficient (Wildman–Crippen LogP) is 1.62. The van der Waals surface area contributed by atoms with E-state index in [1.165, 1.54) is 12.5 Å². The van der Waals surface area contributed by atoms with E-state index in [-0.39, 0.29) is 24.8 Å². The summed E-state index contributed by atoms with van der Waals surface area (Å²) in [5, 5.41) is 9.59. The Labute approximate surface area is 137 Å². The number of carbonyl (C=O) groups excluding carboxylic acids is 2. The van der Waals surface area contributed by atoms with Crippen LogP contribution in [0.2, 0.25) is 0 Å². The van der Waals surface area contributed by atoms with E-state index in [4.69, 9.17) is 4.42 Å². The minimum Gasteiger partial charge on any atom is -0.472 e. The molecule has 0 aliphatic heterocycles. The van der Waals surface area contributed by atoms with Gasteiger partial charge in [0.05, 0.1) is 17.5 Å². The van der Waals surface area contributed by atoms with Crippen molar-refractivity contribution in [2.75, 3.05) is 11.9 Å². The van der Waals surface area contributed by atoms with Gasteiger partial charge in [0.25, 0.3) is 5.91 Å². The molecule has 3 rings (SSSR count). The first-order valence-corrected chi connectivity index (χ1v) is 7.29. The van der Waals surface area contributed by atoms with Gasteiger partial charge in [0.2, 0.25) is 5.91 Å². The highest BCUT2D eigenvalue weighted by Crippen LogP contribution is 2.09. The molecule has 0 aromatic carbocycles. The molecule has 0 saturated heterocycles. The van der Waals surface area contributed by atoms with Gasteiger partial charge in [-0.1, -0.05) is 0 Å². The van der Waals surface area contributed by atoms with Crippen LogP contribution in [0.15, 0.2) is 59.8 Å². The Bertz CT molecular complexity index is 811. The van der Waals surface area contributed by atoms with Crippen LogP contribution in [0.4, 0.5) is 5.82 Å². The van der Waals surface area contributed by atoms with Gasteiger partial charge >= 0.3 is 0 Å². The first-order chi connectivity index (χ1) is 11.7. The van der Waals surface area contributed by atoms with E-state index in [2.05, 4.69) is 20.7 Å². The summed E-state index contributed by atoms with van der Waals surface area (Å²) < 4.78 is 6.46. The van der Waals surface area contributed by atoms with E-state index < -0.39 is 0 Å². The van der Waals surface area contributed by atoms with E-state index in [0.717, 1.165) is 5.69 Å². The van der Waals surface area contributed by atoms with Crippen molar-refractivity contribution in [1.29, 1.82) is 0 Å². The van der Waals surface area contributed by atoms with Gasteiger partial charge in [-0.15, -0.1) is 0 Å². The second-order valence-electron chi connectivity index (χ2n) is 4.92. The molecule has 8 heteroatoms. The molecule has 0 aliphatic carbocycles. The van der Waals surface area contributed by atoms with Crippen LogP contribution in [0, 0.1) is 0 Å². The second-order valence-corrected chi connectivity index (χ2v) is 4.92. The van der Waals surface area contributed by atoms with Gasteiger partial charge in [-0.2, -0.15) is 5.10 Å². The summed E-state index contributed by atoms with van der Waals surface area (Å²) in [6.45, 7) is 0.223. The number of rotatable bonds is 6. The van der Waals surface area contributed by atoms with Crippen LogP contribution in [0.5, 0.6) is 0 Å². The number of hydrogen-bond donors (Lipinski definition) is 2. The van der Waals surface area contributed by atoms with E-state index in [9.17, 15) is 9.59 Å². The first-order valence-electron chi connectivity index (χ1n) is 7.29. The summed E-state index contributed by atoms with van der Waals surface area (Å²) in [7, 11) is 0. The normalized spacial score (nSPS) is 10.3. The average molecular weight is 325 g/mol. The molecule has 8 nitrogen and oxygen atoms in total. The van der Waals surface area contributed by atoms with Crippen LogP contribution >= 0.6 is 0 Å². The average Bonchev–Trinajstić information content (AvgIpc) is 3.27. The highest BCUT2D eigenvalue weighted by atomic mass is 16.3. The Morgan fingerprint density at radius 1 is 1.17 bits per heavy atom. The summed E-state index contributed by atoms with van der Waals surface area (Å²) >= 11 is 0. The van der Waals surface area contributed by atoms with Gasteiger partial charge in [0.15, 0.2) is 5.82 Å². The van der Waals surface area contributed by atoms with E-state index >= 15 is 0 Å². The quantitative estimate of drug-likeness (QED) is 0.717. The zero-order valence-corrected chi connectivity index (χ0v) is 12.7. The van der Waals surface area contributed by atoms with Crippen LogP contribution in [-0.2, 0) is 4.79 Å². The SMILES string of the molecule is O=C(CCNC(=O)c1ccoc1)Nc1ccn(-c2ccncc2)n1. The molecule has 0 spiro atoms. The van der Waals surface area contributed by atoms with Gasteiger partial charge in [0, 0.05) is 37.6 Å². The van der Waals surface area contributed by atoms with Crippen molar-refractivity contribution in [3.05, 3.63) is 60.9 Å². The predicted molar refractivity (Wildman–Crippen MR) is 85.6 cm³/mol. The van der Waals surface area contributed by atoms with Crippen molar-refractivity contribution in [1.82, 2.24) is 20.1 Å². The molecule has 3 heterocycles. The zero-order chi connectivity index (χ0) is 16.8. The molecule has 24 heavy (non-hydrogen) atoms. The molecule has 0 atom stereocenters. The number of pyridine rings is 1. The fraction of sp³-hybridized carbons (Fsp3) is 0.125. The van der Waals surface area contributed by atoms with E-state index in [0.29, 0.717) is 11.4 Å². The Balaban J connectivity index is 1.47. The lowest BCUT2D eigenvalue weighted by Gasteiger charge is -2.04. The molecular weight excluding hydrogens is 310 g/mol. The van der Waals surface area contributed by atoms with Crippen LogP contribution in [-0.4, -0.2) is 33.1 Å². The Morgan fingerprint density at radius 2 is 2.00 bits per heavy atom. The molecule has 0 radical (unpaired) electrons. The van der Waals surface area contributed by atoms with Crippen molar-refractivity contribution in [3.63, 3.8) is 0 Å². The maximum atomic E-state index is 11.9. The van der Waals surface area contributed by atoms with Crippen molar-refractivity contribution < 1.29 is 14.0 Å². The van der Waals surface area contributed by atoms with Crippen LogP contribution in [0.3, 0.4) is 0 Å². The molecule has 0 bridgehead atoms. The number of hydrogen-bond acceptors (Lipinski definition) is 5. The summed E-state index contributed by atoms with van der Waals surface area (Å²) in [4.78, 5) is 27.5. The van der Waals surface area contributed by atoms with Crippen molar-refractivity contribution in [2.45, 2.75) is 6.42 Å². The third kappa shape index (κ3) is 3.86. The zero-order valence-electron chi connectivity index (χ0n) is 12.7. The van der Waals surface area contributed by atoms with Gasteiger partial charge < -0.3 is 15.1 Å². The minimum absolute atomic E-state index is 0.145. The molecular formula is C16H15N5O3. The summed E-state index contributed by atoms with van der Waals surface area (Å²) in [5.41, 5.74) is 1.27. The van der Waals surface area contributed by atoms with Gasteiger partial charge in [-0.3, -0.25) is 14.6 Å². The van der Waals surface area contributed by atoms with E-state index in [1.807, 2.05) is 12.1 Å². The maximum absolute atomic E-state index is 11.9. The highest BCUT2D eigenvalue weighted by molar-refractivity contribution is 5.94. The molecule has 0 aliphatic rings. The second kappa shape index (κ2) is 7.23. The summed E-state index contributed by atoms with van der Waals surface area (Å²) in [6, 6.07) is 6.87. The van der Waals surface area contributed by atoms with E-state index in [1.54, 1.807) is 35.4 Å². The highest BCUT2D eigenvalue weighted by Gasteiger charge is 2.09. The summed E-state index contributed by atoms with van der Waals surface area (Å²) in [5.74, 6) is -0.0704. The fourth-order valence-corrected chi connectivity index (χ4v) is 2.02. The number of amides is 2. The fourth-order valence-electron chi connectivity index (χ4n) is 2.02. The standard InChI is InChI=1S/C16H15N5O3/c22-15(3-8-18-16(23)12-5-10-24-11-12)19-14-4-9-21(20-14)13-1-6-17-7-2-13/h1-2,4-7,9-11H,3,8H2,(H,18,23)(H,19,20,22). The van der Waals surface area contributed by atoms with Crippen molar-refractivity contribution in [2.24, 2.45) is 0 Å². The monoisotopic (exact) mass is 325 g/mol. The van der Waals surface area contributed by atoms with Gasteiger partial charge in [-0.05, 0) is 18.2 Å². The first kappa shape index (κ1) is 15.5. The van der Waals surface area contributed by atoms with Crippen LogP contribution < -0.4 is 10.6 Å².